The van der Waals surface area contributed by atoms with Gasteiger partial charge in [0.1, 0.15) is 11.2 Å². The van der Waals surface area contributed by atoms with Crippen LogP contribution in [0.1, 0.15) is 18.5 Å². The van der Waals surface area contributed by atoms with Crippen molar-refractivity contribution in [3.8, 4) is 0 Å². The Morgan fingerprint density at radius 1 is 1.31 bits per heavy atom. The molecule has 138 valence electrons. The molecule has 2 fully saturated rings. The first kappa shape index (κ1) is 17.1. The van der Waals surface area contributed by atoms with Gasteiger partial charge in [0.05, 0.1) is 19.3 Å². The number of rotatable bonds is 5. The Balaban J connectivity index is 1.76. The summed E-state index contributed by atoms with van der Waals surface area (Å²) < 4.78 is 5.51. The van der Waals surface area contributed by atoms with Crippen molar-refractivity contribution in [3.05, 3.63) is 47.7 Å². The lowest BCUT2D eigenvalue weighted by Crippen LogP contribution is -2.60. The molecule has 1 aromatic rings. The molecule has 7 nitrogen and oxygen atoms in total. The largest absolute Gasteiger partial charge is 0.381 e. The van der Waals surface area contributed by atoms with Gasteiger partial charge in [-0.05, 0) is 30.4 Å². The van der Waals surface area contributed by atoms with E-state index < -0.39 is 11.4 Å². The van der Waals surface area contributed by atoms with Crippen molar-refractivity contribution in [3.63, 3.8) is 0 Å². The van der Waals surface area contributed by atoms with E-state index in [4.69, 9.17) is 10.5 Å². The van der Waals surface area contributed by atoms with Gasteiger partial charge >= 0.3 is 0 Å². The number of benzene rings is 1. The van der Waals surface area contributed by atoms with Crippen molar-refractivity contribution in [1.82, 2.24) is 15.8 Å². The summed E-state index contributed by atoms with van der Waals surface area (Å²) in [7, 11) is 1.57. The monoisotopic (exact) mass is 356 g/mol. The molecule has 1 saturated carbocycles. The lowest BCUT2D eigenvalue weighted by atomic mass is 9.87. The molecule has 2 aliphatic heterocycles. The van der Waals surface area contributed by atoms with Crippen molar-refractivity contribution < 1.29 is 14.3 Å². The highest BCUT2D eigenvalue weighted by Gasteiger charge is 2.69. The summed E-state index contributed by atoms with van der Waals surface area (Å²) in [5, 5.41) is 4.48. The molecule has 4 rings (SSSR count). The molecule has 1 saturated heterocycles. The number of amides is 2. The third-order valence-electron chi connectivity index (χ3n) is 6.00. The number of hydrogen-bond acceptors (Lipinski definition) is 5. The standard InChI is InChI=1S/C19H24N4O3/c1-11(12-6-4-3-5-7-12)23-19(18(20)25,8-15(22-23)17(24)21-2)16-13-9-26-10-14(13)16/h3-8,11,13-14,16,22H,9-10H2,1-2H3,(H2,20,25)(H,21,24)/t11-,13-,14+,16?,19?/m0/s1. The van der Waals surface area contributed by atoms with Gasteiger partial charge in [-0.25, -0.2) is 0 Å². The number of carbonyl (C=O) groups is 2. The molecule has 7 heteroatoms. The molecular formula is C19H24N4O3. The van der Waals surface area contributed by atoms with Crippen LogP contribution in [-0.4, -0.2) is 42.6 Å². The Labute approximate surface area is 152 Å². The Morgan fingerprint density at radius 2 is 1.96 bits per heavy atom. The van der Waals surface area contributed by atoms with Crippen LogP contribution in [-0.2, 0) is 14.3 Å². The zero-order valence-corrected chi connectivity index (χ0v) is 14.9. The van der Waals surface area contributed by atoms with Crippen LogP contribution in [0, 0.1) is 17.8 Å². The smallest absolute Gasteiger partial charge is 0.268 e. The predicted octanol–water partition coefficient (Wildman–Crippen LogP) is 0.314. The number of nitrogens with two attached hydrogens (primary N) is 1. The Bertz CT molecular complexity index is 755. The zero-order valence-electron chi connectivity index (χ0n) is 14.9. The highest BCUT2D eigenvalue weighted by Crippen LogP contribution is 2.60. The van der Waals surface area contributed by atoms with Crippen LogP contribution in [0.5, 0.6) is 0 Å². The fourth-order valence-electron chi connectivity index (χ4n) is 4.60. The summed E-state index contributed by atoms with van der Waals surface area (Å²) in [6.07, 6.45) is 1.72. The predicted molar refractivity (Wildman–Crippen MR) is 95.2 cm³/mol. The van der Waals surface area contributed by atoms with Gasteiger partial charge in [-0.3, -0.25) is 9.59 Å². The summed E-state index contributed by atoms with van der Waals surface area (Å²) >= 11 is 0. The number of fused-ring (bicyclic) bond motifs is 1. The average Bonchev–Trinajstić information content (AvgIpc) is 3.03. The fraction of sp³-hybridized carbons (Fsp3) is 0.474. The van der Waals surface area contributed by atoms with Gasteiger partial charge in [-0.2, -0.15) is 5.01 Å². The maximum Gasteiger partial charge on any atom is 0.268 e. The van der Waals surface area contributed by atoms with Gasteiger partial charge in [0.15, 0.2) is 0 Å². The SMILES string of the molecule is CNC(=O)C1=CC(C(N)=O)(C2[C@H]3COC[C@@H]23)N([C@@H](C)c2ccccc2)N1. The number of likely N-dealkylation sites (N-methyl/N-ethyl adjacent to an activating group) is 1. The number of hydrogen-bond donors (Lipinski definition) is 3. The molecule has 2 unspecified atom stereocenters. The molecule has 1 aromatic carbocycles. The second-order valence-electron chi connectivity index (χ2n) is 7.29. The van der Waals surface area contributed by atoms with Crippen molar-refractivity contribution in [2.24, 2.45) is 23.5 Å². The van der Waals surface area contributed by atoms with Gasteiger partial charge in [-0.15, -0.1) is 0 Å². The summed E-state index contributed by atoms with van der Waals surface area (Å²) in [6, 6.07) is 9.73. The van der Waals surface area contributed by atoms with Crippen molar-refractivity contribution >= 4 is 11.8 Å². The van der Waals surface area contributed by atoms with Gasteiger partial charge < -0.3 is 21.2 Å². The minimum absolute atomic E-state index is 0.0505. The van der Waals surface area contributed by atoms with Crippen molar-refractivity contribution in [1.29, 1.82) is 0 Å². The number of nitrogens with one attached hydrogen (secondary N) is 2. The maximum atomic E-state index is 12.8. The van der Waals surface area contributed by atoms with E-state index in [1.807, 2.05) is 42.3 Å². The minimum Gasteiger partial charge on any atom is -0.381 e. The maximum absolute atomic E-state index is 12.8. The van der Waals surface area contributed by atoms with Gasteiger partial charge in [0, 0.05) is 13.0 Å². The first-order chi connectivity index (χ1) is 12.5. The quantitative estimate of drug-likeness (QED) is 0.706. The Kier molecular flexibility index (Phi) is 4.00. The lowest BCUT2D eigenvalue weighted by molar-refractivity contribution is -0.132. The van der Waals surface area contributed by atoms with Crippen LogP contribution in [0.3, 0.4) is 0 Å². The van der Waals surface area contributed by atoms with Crippen molar-refractivity contribution in [2.45, 2.75) is 18.5 Å². The summed E-state index contributed by atoms with van der Waals surface area (Å²) in [4.78, 5) is 25.0. The molecule has 5 atom stereocenters. The molecule has 0 radical (unpaired) electrons. The third kappa shape index (κ3) is 2.34. The molecule has 26 heavy (non-hydrogen) atoms. The molecule has 2 amide bonds. The van der Waals surface area contributed by atoms with E-state index in [2.05, 4.69) is 10.7 Å². The van der Waals surface area contributed by atoms with Crippen LogP contribution in [0.4, 0.5) is 0 Å². The summed E-state index contributed by atoms with van der Waals surface area (Å²) in [5.41, 5.74) is 9.47. The summed E-state index contributed by atoms with van der Waals surface area (Å²) in [6.45, 7) is 3.29. The number of carbonyl (C=O) groups excluding carboxylic acids is 2. The topological polar surface area (TPSA) is 96.7 Å². The van der Waals surface area contributed by atoms with Crippen LogP contribution in [0.15, 0.2) is 42.1 Å². The highest BCUT2D eigenvalue weighted by molar-refractivity contribution is 5.97. The zero-order chi connectivity index (χ0) is 18.5. The molecule has 4 N–H and O–H groups in total. The van der Waals surface area contributed by atoms with E-state index in [9.17, 15) is 9.59 Å². The lowest BCUT2D eigenvalue weighted by Gasteiger charge is -2.40. The van der Waals surface area contributed by atoms with Crippen LogP contribution < -0.4 is 16.5 Å². The van der Waals surface area contributed by atoms with Crippen molar-refractivity contribution in [2.75, 3.05) is 20.3 Å². The van der Waals surface area contributed by atoms with E-state index in [0.29, 0.717) is 30.7 Å². The van der Waals surface area contributed by atoms with E-state index >= 15 is 0 Å². The van der Waals surface area contributed by atoms with E-state index in [0.717, 1.165) is 5.56 Å². The molecular weight excluding hydrogens is 332 g/mol. The Morgan fingerprint density at radius 3 is 2.54 bits per heavy atom. The minimum atomic E-state index is -1.05. The van der Waals surface area contributed by atoms with E-state index in [1.54, 1.807) is 13.1 Å². The van der Waals surface area contributed by atoms with Gasteiger partial charge in [-0.1, -0.05) is 30.3 Å². The normalized spacial score (nSPS) is 33.8. The van der Waals surface area contributed by atoms with E-state index in [1.165, 1.54) is 0 Å². The molecule has 0 aromatic heterocycles. The molecule has 0 bridgehead atoms. The number of primary amides is 1. The van der Waals surface area contributed by atoms with Gasteiger partial charge in [0.2, 0.25) is 5.91 Å². The Hall–Kier alpha value is -2.38. The first-order valence-electron chi connectivity index (χ1n) is 8.94. The number of nitrogens with zero attached hydrogens (tertiary/aromatic N) is 1. The highest BCUT2D eigenvalue weighted by atomic mass is 16.5. The average molecular weight is 356 g/mol. The second-order valence-corrected chi connectivity index (χ2v) is 7.29. The molecule has 2 heterocycles. The number of ether oxygens (including phenoxy) is 1. The first-order valence-corrected chi connectivity index (χ1v) is 8.94. The van der Waals surface area contributed by atoms with Crippen LogP contribution in [0.25, 0.3) is 0 Å². The molecule has 3 aliphatic rings. The van der Waals surface area contributed by atoms with Crippen LogP contribution >= 0.6 is 0 Å². The van der Waals surface area contributed by atoms with E-state index in [-0.39, 0.29) is 17.9 Å². The van der Waals surface area contributed by atoms with Crippen LogP contribution in [0.2, 0.25) is 0 Å². The third-order valence-corrected chi connectivity index (χ3v) is 6.00. The summed E-state index contributed by atoms with van der Waals surface area (Å²) in [5.74, 6) is -0.0498. The molecule has 1 aliphatic carbocycles. The van der Waals surface area contributed by atoms with Gasteiger partial charge in [0.25, 0.3) is 5.91 Å². The number of hydrazine groups is 1. The fourth-order valence-corrected chi connectivity index (χ4v) is 4.60. The second kappa shape index (κ2) is 6.10. The molecule has 0 spiro atoms.